The first-order chi connectivity index (χ1) is 4.90. The van der Waals surface area contributed by atoms with Crippen molar-refractivity contribution in [1.29, 1.82) is 0 Å². The highest BCUT2D eigenvalue weighted by atomic mass is 19.4. The summed E-state index contributed by atoms with van der Waals surface area (Å²) < 4.78 is 37.0. The zero-order valence-electron chi connectivity index (χ0n) is 6.46. The summed E-state index contributed by atoms with van der Waals surface area (Å²) >= 11 is 0. The van der Waals surface area contributed by atoms with Crippen LogP contribution in [-0.2, 0) is 0 Å². The summed E-state index contributed by atoms with van der Waals surface area (Å²) in [5.41, 5.74) is -1.27. The molecule has 0 atom stereocenters. The van der Waals surface area contributed by atoms with Gasteiger partial charge in [-0.2, -0.15) is 13.2 Å². The smallest absolute Gasteiger partial charge is 0.170 e. The lowest BCUT2D eigenvalue weighted by Gasteiger charge is -2.43. The van der Waals surface area contributed by atoms with Gasteiger partial charge in [-0.1, -0.05) is 18.6 Å². The molecule has 0 radical (unpaired) electrons. The number of hydrogen-bond donors (Lipinski definition) is 0. The second-order valence-electron chi connectivity index (χ2n) is 3.21. The Kier molecular flexibility index (Phi) is 1.77. The third-order valence-corrected chi connectivity index (χ3v) is 2.57. The number of halogens is 3. The van der Waals surface area contributed by atoms with Gasteiger partial charge in [0.15, 0.2) is 0 Å². The Morgan fingerprint density at radius 2 is 1.82 bits per heavy atom. The summed E-state index contributed by atoms with van der Waals surface area (Å²) in [5, 5.41) is 0. The molecule has 1 rings (SSSR count). The highest BCUT2D eigenvalue weighted by Crippen LogP contribution is 2.56. The molecule has 0 aromatic rings. The van der Waals surface area contributed by atoms with Gasteiger partial charge in [0, 0.05) is 0 Å². The number of alkyl halides is 3. The van der Waals surface area contributed by atoms with E-state index >= 15 is 0 Å². The lowest BCUT2D eigenvalue weighted by atomic mass is 9.64. The fourth-order valence-corrected chi connectivity index (χ4v) is 1.48. The van der Waals surface area contributed by atoms with Crippen molar-refractivity contribution in [1.82, 2.24) is 0 Å². The second kappa shape index (κ2) is 2.26. The zero-order valence-corrected chi connectivity index (χ0v) is 6.46. The van der Waals surface area contributed by atoms with Crippen LogP contribution in [-0.4, -0.2) is 6.18 Å². The average Bonchev–Trinajstić information content (AvgIpc) is 1.52. The maximum Gasteiger partial charge on any atom is 0.398 e. The van der Waals surface area contributed by atoms with Crippen molar-refractivity contribution in [2.45, 2.75) is 32.4 Å². The Morgan fingerprint density at radius 3 is 1.82 bits per heavy atom. The van der Waals surface area contributed by atoms with Crippen LogP contribution in [0, 0.1) is 5.41 Å². The summed E-state index contributed by atoms with van der Waals surface area (Å²) in [4.78, 5) is 0. The molecule has 0 heterocycles. The summed E-state index contributed by atoms with van der Waals surface area (Å²) in [6.07, 6.45) is -2.96. The van der Waals surface area contributed by atoms with Crippen molar-refractivity contribution in [3.63, 3.8) is 0 Å². The molecule has 0 amide bonds. The Bertz CT molecular complexity index is 174. The van der Waals surface area contributed by atoms with E-state index in [9.17, 15) is 13.2 Å². The van der Waals surface area contributed by atoms with Gasteiger partial charge in [0.25, 0.3) is 0 Å². The molecule has 0 aliphatic heterocycles. The van der Waals surface area contributed by atoms with Crippen LogP contribution >= 0.6 is 0 Å². The number of hydrogen-bond acceptors (Lipinski definition) is 0. The van der Waals surface area contributed by atoms with Crippen molar-refractivity contribution in [3.8, 4) is 0 Å². The van der Waals surface area contributed by atoms with Gasteiger partial charge in [-0.05, 0) is 19.8 Å². The van der Waals surface area contributed by atoms with Crippen molar-refractivity contribution in [3.05, 3.63) is 12.2 Å². The average molecular weight is 164 g/mol. The molecule has 11 heavy (non-hydrogen) atoms. The third kappa shape index (κ3) is 1.06. The van der Waals surface area contributed by atoms with Crippen LogP contribution in [0.5, 0.6) is 0 Å². The van der Waals surface area contributed by atoms with Crippen molar-refractivity contribution < 1.29 is 13.2 Å². The number of rotatable bonds is 1. The van der Waals surface area contributed by atoms with Crippen LogP contribution in [0.25, 0.3) is 0 Å². The first-order valence-electron chi connectivity index (χ1n) is 3.63. The van der Waals surface area contributed by atoms with Crippen LogP contribution in [0.1, 0.15) is 26.2 Å². The molecule has 0 unspecified atom stereocenters. The first kappa shape index (κ1) is 8.62. The first-order valence-corrected chi connectivity index (χ1v) is 3.63. The van der Waals surface area contributed by atoms with Gasteiger partial charge in [0.2, 0.25) is 0 Å². The molecular weight excluding hydrogens is 153 g/mol. The maximum absolute atomic E-state index is 12.3. The van der Waals surface area contributed by atoms with Crippen LogP contribution < -0.4 is 0 Å². The Labute approximate surface area is 64.1 Å². The molecule has 0 N–H and O–H groups in total. The van der Waals surface area contributed by atoms with Crippen LogP contribution in [0.4, 0.5) is 13.2 Å². The van der Waals surface area contributed by atoms with Crippen LogP contribution in [0.15, 0.2) is 12.2 Å². The molecule has 0 spiro atoms. The Hall–Kier alpha value is -0.470. The second-order valence-corrected chi connectivity index (χ2v) is 3.21. The third-order valence-electron chi connectivity index (χ3n) is 2.57. The van der Waals surface area contributed by atoms with Gasteiger partial charge in [-0.15, -0.1) is 0 Å². The standard InChI is InChI=1S/C8H11F3/c1-6(2)7(4-3-5-7)8(9,10)11/h1,3-5H2,2H3. The van der Waals surface area contributed by atoms with E-state index in [1.165, 1.54) is 6.92 Å². The van der Waals surface area contributed by atoms with E-state index in [4.69, 9.17) is 0 Å². The summed E-state index contributed by atoms with van der Waals surface area (Å²) in [5.74, 6) is 0. The largest absolute Gasteiger partial charge is 0.398 e. The molecule has 1 fully saturated rings. The topological polar surface area (TPSA) is 0 Å². The molecule has 3 heteroatoms. The fraction of sp³-hybridized carbons (Fsp3) is 0.750. The van der Waals surface area contributed by atoms with E-state index in [2.05, 4.69) is 6.58 Å². The summed E-state index contributed by atoms with van der Waals surface area (Å²) in [7, 11) is 0. The van der Waals surface area contributed by atoms with E-state index in [-0.39, 0.29) is 18.4 Å². The van der Waals surface area contributed by atoms with Gasteiger partial charge in [0.1, 0.15) is 0 Å². The van der Waals surface area contributed by atoms with Gasteiger partial charge in [0.05, 0.1) is 5.41 Å². The minimum Gasteiger partial charge on any atom is -0.170 e. The lowest BCUT2D eigenvalue weighted by molar-refractivity contribution is -0.234. The summed E-state index contributed by atoms with van der Waals surface area (Å²) in [6.45, 7) is 4.86. The SMILES string of the molecule is C=C(C)C1(C(F)(F)F)CCC1. The Balaban J connectivity index is 2.85. The van der Waals surface area contributed by atoms with Crippen LogP contribution in [0.3, 0.4) is 0 Å². The quantitative estimate of drug-likeness (QED) is 0.521. The van der Waals surface area contributed by atoms with E-state index in [0.717, 1.165) is 0 Å². The van der Waals surface area contributed by atoms with Gasteiger partial charge in [-0.3, -0.25) is 0 Å². The highest BCUT2D eigenvalue weighted by Gasteiger charge is 2.58. The molecule has 0 aromatic carbocycles. The van der Waals surface area contributed by atoms with Crippen molar-refractivity contribution in [2.75, 3.05) is 0 Å². The zero-order chi connectivity index (χ0) is 8.70. The minimum atomic E-state index is -4.09. The highest BCUT2D eigenvalue weighted by molar-refractivity contribution is 5.15. The molecule has 0 bridgehead atoms. The lowest BCUT2D eigenvalue weighted by Crippen LogP contribution is -2.44. The van der Waals surface area contributed by atoms with Crippen molar-refractivity contribution in [2.24, 2.45) is 5.41 Å². The van der Waals surface area contributed by atoms with Crippen molar-refractivity contribution >= 4 is 0 Å². The molecular formula is C8H11F3. The minimum absolute atomic E-state index is 0.228. The molecule has 1 saturated carbocycles. The van der Waals surface area contributed by atoms with Gasteiger partial charge >= 0.3 is 6.18 Å². The van der Waals surface area contributed by atoms with Gasteiger partial charge < -0.3 is 0 Å². The fourth-order valence-electron chi connectivity index (χ4n) is 1.48. The van der Waals surface area contributed by atoms with E-state index in [1.54, 1.807) is 0 Å². The molecule has 64 valence electrons. The normalized spacial score (nSPS) is 22.5. The van der Waals surface area contributed by atoms with E-state index < -0.39 is 11.6 Å². The maximum atomic E-state index is 12.3. The van der Waals surface area contributed by atoms with Gasteiger partial charge in [-0.25, -0.2) is 0 Å². The molecule has 0 nitrogen and oxygen atoms in total. The van der Waals surface area contributed by atoms with E-state index in [1.807, 2.05) is 0 Å². The predicted molar refractivity (Wildman–Crippen MR) is 37.2 cm³/mol. The molecule has 0 saturated heterocycles. The number of allylic oxidation sites excluding steroid dienone is 1. The Morgan fingerprint density at radius 1 is 1.36 bits per heavy atom. The molecule has 0 aromatic heterocycles. The van der Waals surface area contributed by atoms with E-state index in [0.29, 0.717) is 6.42 Å². The molecule has 1 aliphatic rings. The monoisotopic (exact) mass is 164 g/mol. The molecule has 1 aliphatic carbocycles. The van der Waals surface area contributed by atoms with Crippen LogP contribution in [0.2, 0.25) is 0 Å². The predicted octanol–water partition coefficient (Wildman–Crippen LogP) is 3.30. The summed E-state index contributed by atoms with van der Waals surface area (Å²) in [6, 6.07) is 0.